The van der Waals surface area contributed by atoms with E-state index in [4.69, 9.17) is 9.47 Å². The monoisotopic (exact) mass is 265 g/mol. The lowest BCUT2D eigenvalue weighted by Crippen LogP contribution is -2.38. The lowest BCUT2D eigenvalue weighted by Gasteiger charge is -2.26. The Hall–Kier alpha value is -1.26. The van der Waals surface area contributed by atoms with E-state index in [1.807, 2.05) is 12.1 Å². The highest BCUT2D eigenvalue weighted by molar-refractivity contribution is 5.42. The van der Waals surface area contributed by atoms with Crippen molar-refractivity contribution in [2.75, 3.05) is 20.3 Å². The number of methoxy groups -OCH3 is 1. The van der Waals surface area contributed by atoms with Crippen molar-refractivity contribution in [3.05, 3.63) is 23.8 Å². The summed E-state index contributed by atoms with van der Waals surface area (Å²) >= 11 is 0. The molecule has 2 N–H and O–H groups in total. The van der Waals surface area contributed by atoms with Crippen molar-refractivity contribution in [1.82, 2.24) is 5.32 Å². The van der Waals surface area contributed by atoms with Gasteiger partial charge in [-0.1, -0.05) is 6.07 Å². The van der Waals surface area contributed by atoms with Crippen LogP contribution in [0.5, 0.6) is 11.5 Å². The van der Waals surface area contributed by atoms with Crippen molar-refractivity contribution in [3.8, 4) is 11.5 Å². The van der Waals surface area contributed by atoms with E-state index in [0.29, 0.717) is 5.75 Å². The van der Waals surface area contributed by atoms with Crippen molar-refractivity contribution in [1.29, 1.82) is 0 Å². The summed E-state index contributed by atoms with van der Waals surface area (Å²) < 4.78 is 10.9. The quantitative estimate of drug-likeness (QED) is 0.859. The molecule has 0 radical (unpaired) electrons. The Morgan fingerprint density at radius 1 is 1.53 bits per heavy atom. The molecule has 2 rings (SSSR count). The Morgan fingerprint density at radius 3 is 2.95 bits per heavy atom. The molecule has 1 aliphatic rings. The number of benzene rings is 1. The minimum atomic E-state index is -0.0464. The van der Waals surface area contributed by atoms with Crippen LogP contribution >= 0.6 is 0 Å². The van der Waals surface area contributed by atoms with Crippen LogP contribution in [0.25, 0.3) is 0 Å². The molecule has 1 fully saturated rings. The van der Waals surface area contributed by atoms with E-state index < -0.39 is 0 Å². The Kier molecular flexibility index (Phi) is 4.32. The highest BCUT2D eigenvalue weighted by Crippen LogP contribution is 2.29. The van der Waals surface area contributed by atoms with Crippen LogP contribution in [0.4, 0.5) is 0 Å². The van der Waals surface area contributed by atoms with Crippen LogP contribution in [0.1, 0.15) is 38.3 Å². The van der Waals surface area contributed by atoms with Gasteiger partial charge in [-0.15, -0.1) is 0 Å². The second kappa shape index (κ2) is 5.80. The first-order chi connectivity index (χ1) is 9.04. The van der Waals surface area contributed by atoms with Gasteiger partial charge in [-0.05, 0) is 44.4 Å². The minimum Gasteiger partial charge on any atom is -0.504 e. The van der Waals surface area contributed by atoms with Gasteiger partial charge in [-0.25, -0.2) is 0 Å². The summed E-state index contributed by atoms with van der Waals surface area (Å²) in [5.41, 5.74) is 1.05. The third-order valence-electron chi connectivity index (χ3n) is 3.79. The number of phenols is 1. The van der Waals surface area contributed by atoms with Gasteiger partial charge in [-0.2, -0.15) is 0 Å². The predicted molar refractivity (Wildman–Crippen MR) is 74.7 cm³/mol. The van der Waals surface area contributed by atoms with Crippen molar-refractivity contribution >= 4 is 0 Å². The van der Waals surface area contributed by atoms with E-state index in [2.05, 4.69) is 19.2 Å². The molecule has 1 aromatic rings. The second-order valence-corrected chi connectivity index (χ2v) is 5.44. The smallest absolute Gasteiger partial charge is 0.160 e. The van der Waals surface area contributed by atoms with E-state index in [1.165, 1.54) is 0 Å². The summed E-state index contributed by atoms with van der Waals surface area (Å²) in [5, 5.41) is 13.1. The average Bonchev–Trinajstić information content (AvgIpc) is 2.84. The summed E-state index contributed by atoms with van der Waals surface area (Å²) in [6.07, 6.45) is 2.24. The number of hydrogen-bond acceptors (Lipinski definition) is 4. The second-order valence-electron chi connectivity index (χ2n) is 5.44. The molecule has 0 amide bonds. The van der Waals surface area contributed by atoms with Gasteiger partial charge < -0.3 is 19.9 Å². The number of hydrogen-bond donors (Lipinski definition) is 2. The lowest BCUT2D eigenvalue weighted by molar-refractivity contribution is 0.0191. The molecule has 4 nitrogen and oxygen atoms in total. The molecule has 0 aliphatic carbocycles. The van der Waals surface area contributed by atoms with Gasteiger partial charge in [0.05, 0.1) is 12.7 Å². The SMILES string of the molecule is COc1cc(C(C)NCC2(C)CCCO2)ccc1O. The molecule has 0 spiro atoms. The molecule has 2 atom stereocenters. The number of rotatable bonds is 5. The first-order valence-electron chi connectivity index (χ1n) is 6.78. The largest absolute Gasteiger partial charge is 0.504 e. The summed E-state index contributed by atoms with van der Waals surface area (Å²) in [6.45, 7) is 5.94. The molecule has 1 aromatic carbocycles. The van der Waals surface area contributed by atoms with Crippen LogP contribution in [0, 0.1) is 0 Å². The van der Waals surface area contributed by atoms with Gasteiger partial charge in [0.15, 0.2) is 11.5 Å². The molecule has 0 saturated carbocycles. The summed E-state index contributed by atoms with van der Waals surface area (Å²) in [7, 11) is 1.56. The number of nitrogens with one attached hydrogen (secondary N) is 1. The predicted octanol–water partition coefficient (Wildman–Crippen LogP) is 2.62. The molecule has 19 heavy (non-hydrogen) atoms. The van der Waals surface area contributed by atoms with Gasteiger partial charge in [0.2, 0.25) is 0 Å². The van der Waals surface area contributed by atoms with E-state index in [1.54, 1.807) is 13.2 Å². The number of ether oxygens (including phenoxy) is 2. The van der Waals surface area contributed by atoms with E-state index in [-0.39, 0.29) is 17.4 Å². The zero-order valence-electron chi connectivity index (χ0n) is 11.9. The molecule has 0 aromatic heterocycles. The molecular formula is C15H23NO3. The molecule has 1 heterocycles. The topological polar surface area (TPSA) is 50.7 Å². The van der Waals surface area contributed by atoms with Crippen LogP contribution in [0.3, 0.4) is 0 Å². The Bertz CT molecular complexity index is 427. The molecule has 106 valence electrons. The summed E-state index contributed by atoms with van der Waals surface area (Å²) in [6, 6.07) is 5.63. The zero-order chi connectivity index (χ0) is 13.9. The number of phenolic OH excluding ortho intramolecular Hbond substituents is 1. The van der Waals surface area contributed by atoms with Gasteiger partial charge in [0, 0.05) is 19.2 Å². The fourth-order valence-corrected chi connectivity index (χ4v) is 2.43. The van der Waals surface area contributed by atoms with E-state index >= 15 is 0 Å². The van der Waals surface area contributed by atoms with Gasteiger partial charge >= 0.3 is 0 Å². The molecular weight excluding hydrogens is 242 g/mol. The standard InChI is InChI=1S/C15H23NO3/c1-11(16-10-15(2)7-4-8-19-15)12-5-6-13(17)14(9-12)18-3/h5-6,9,11,16-17H,4,7-8,10H2,1-3H3. The van der Waals surface area contributed by atoms with Crippen molar-refractivity contribution in [2.45, 2.75) is 38.3 Å². The van der Waals surface area contributed by atoms with E-state index in [0.717, 1.165) is 31.6 Å². The Morgan fingerprint density at radius 2 is 2.32 bits per heavy atom. The Labute approximate surface area is 114 Å². The van der Waals surface area contributed by atoms with Gasteiger partial charge in [-0.3, -0.25) is 0 Å². The maximum atomic E-state index is 9.59. The van der Waals surface area contributed by atoms with Crippen LogP contribution in [0.2, 0.25) is 0 Å². The summed E-state index contributed by atoms with van der Waals surface area (Å²) in [5.74, 6) is 0.680. The number of aromatic hydroxyl groups is 1. The van der Waals surface area contributed by atoms with Crippen molar-refractivity contribution in [2.24, 2.45) is 0 Å². The molecule has 0 bridgehead atoms. The maximum Gasteiger partial charge on any atom is 0.160 e. The van der Waals surface area contributed by atoms with Crippen LogP contribution < -0.4 is 10.1 Å². The fourth-order valence-electron chi connectivity index (χ4n) is 2.43. The first kappa shape index (κ1) is 14.2. The average molecular weight is 265 g/mol. The molecule has 4 heteroatoms. The van der Waals surface area contributed by atoms with Crippen LogP contribution in [0.15, 0.2) is 18.2 Å². The van der Waals surface area contributed by atoms with Crippen LogP contribution in [-0.2, 0) is 4.74 Å². The first-order valence-corrected chi connectivity index (χ1v) is 6.78. The van der Waals surface area contributed by atoms with Crippen LogP contribution in [-0.4, -0.2) is 31.0 Å². The summed E-state index contributed by atoms with van der Waals surface area (Å²) in [4.78, 5) is 0. The minimum absolute atomic E-state index is 0.0464. The van der Waals surface area contributed by atoms with Gasteiger partial charge in [0.1, 0.15) is 0 Å². The van der Waals surface area contributed by atoms with Gasteiger partial charge in [0.25, 0.3) is 0 Å². The molecule has 1 saturated heterocycles. The lowest BCUT2D eigenvalue weighted by atomic mass is 10.0. The van der Waals surface area contributed by atoms with Crippen molar-refractivity contribution in [3.63, 3.8) is 0 Å². The third kappa shape index (κ3) is 3.39. The molecule has 2 unspecified atom stereocenters. The van der Waals surface area contributed by atoms with Crippen molar-refractivity contribution < 1.29 is 14.6 Å². The Balaban J connectivity index is 1.97. The normalized spacial score (nSPS) is 24.4. The molecule has 1 aliphatic heterocycles. The zero-order valence-corrected chi connectivity index (χ0v) is 11.9. The highest BCUT2D eigenvalue weighted by atomic mass is 16.5. The van der Waals surface area contributed by atoms with E-state index in [9.17, 15) is 5.11 Å². The fraction of sp³-hybridized carbons (Fsp3) is 0.600. The maximum absolute atomic E-state index is 9.59. The highest BCUT2D eigenvalue weighted by Gasteiger charge is 2.29. The third-order valence-corrected chi connectivity index (χ3v) is 3.79.